The third-order valence-corrected chi connectivity index (χ3v) is 2.59. The van der Waals surface area contributed by atoms with Crippen molar-refractivity contribution in [2.24, 2.45) is 5.92 Å². The number of hydrogen-bond donors (Lipinski definition) is 2. The lowest BCUT2D eigenvalue weighted by Gasteiger charge is -2.10. The number of para-hydroxylation sites is 2. The smallest absolute Gasteiger partial charge is 0.169 e. The van der Waals surface area contributed by atoms with E-state index < -0.39 is 0 Å². The highest BCUT2D eigenvalue weighted by molar-refractivity contribution is 5.79. The number of nitrogens with two attached hydrogens (primary N) is 1. The second kappa shape index (κ2) is 6.33. The average Bonchev–Trinajstić information content (AvgIpc) is 2.38. The zero-order valence-electron chi connectivity index (χ0n) is 11.4. The summed E-state index contributed by atoms with van der Waals surface area (Å²) in [6, 6.07) is 7.67. The molecule has 3 N–H and O–H groups in total. The molecule has 0 saturated heterocycles. The SMILES string of the molecule is CC(C)COCCNc1nc2ccccc2nc1N. The summed E-state index contributed by atoms with van der Waals surface area (Å²) in [6.45, 7) is 6.32. The van der Waals surface area contributed by atoms with Gasteiger partial charge in [0.2, 0.25) is 0 Å². The summed E-state index contributed by atoms with van der Waals surface area (Å²) >= 11 is 0. The van der Waals surface area contributed by atoms with Gasteiger partial charge in [-0.15, -0.1) is 0 Å². The minimum Gasteiger partial charge on any atom is -0.381 e. The van der Waals surface area contributed by atoms with E-state index in [4.69, 9.17) is 10.5 Å². The van der Waals surface area contributed by atoms with E-state index in [1.54, 1.807) is 0 Å². The van der Waals surface area contributed by atoms with Gasteiger partial charge < -0.3 is 15.8 Å². The van der Waals surface area contributed by atoms with Crippen molar-refractivity contribution >= 4 is 22.7 Å². The van der Waals surface area contributed by atoms with Crippen molar-refractivity contribution < 1.29 is 4.74 Å². The molecule has 2 aromatic rings. The predicted molar refractivity (Wildman–Crippen MR) is 78.1 cm³/mol. The summed E-state index contributed by atoms with van der Waals surface area (Å²) in [5.74, 6) is 1.58. The average molecular weight is 260 g/mol. The van der Waals surface area contributed by atoms with Gasteiger partial charge in [-0.2, -0.15) is 0 Å². The number of aromatic nitrogens is 2. The minimum atomic E-state index is 0.419. The third-order valence-electron chi connectivity index (χ3n) is 2.59. The molecule has 0 fully saturated rings. The number of nitrogens with zero attached hydrogens (tertiary/aromatic N) is 2. The van der Waals surface area contributed by atoms with Crippen molar-refractivity contribution in [2.45, 2.75) is 13.8 Å². The van der Waals surface area contributed by atoms with Gasteiger partial charge in [-0.25, -0.2) is 9.97 Å². The first-order valence-electron chi connectivity index (χ1n) is 6.50. The number of anilines is 2. The normalized spacial score (nSPS) is 11.1. The number of rotatable bonds is 6. The number of hydrogen-bond acceptors (Lipinski definition) is 5. The van der Waals surface area contributed by atoms with Crippen molar-refractivity contribution in [1.29, 1.82) is 0 Å². The molecule has 0 aliphatic rings. The molecule has 0 unspecified atom stereocenters. The number of nitrogen functional groups attached to an aromatic ring is 1. The second-order valence-electron chi connectivity index (χ2n) is 4.84. The fourth-order valence-electron chi connectivity index (χ4n) is 1.70. The summed E-state index contributed by atoms with van der Waals surface area (Å²) in [6.07, 6.45) is 0. The number of nitrogens with one attached hydrogen (secondary N) is 1. The molecule has 0 aliphatic carbocycles. The van der Waals surface area contributed by atoms with Crippen LogP contribution in [0, 0.1) is 5.92 Å². The van der Waals surface area contributed by atoms with Gasteiger partial charge in [0.1, 0.15) is 0 Å². The fraction of sp³-hybridized carbons (Fsp3) is 0.429. The lowest BCUT2D eigenvalue weighted by molar-refractivity contribution is 0.118. The maximum absolute atomic E-state index is 5.87. The zero-order chi connectivity index (χ0) is 13.7. The molecule has 5 heteroatoms. The first-order valence-corrected chi connectivity index (χ1v) is 6.50. The molecule has 0 saturated carbocycles. The van der Waals surface area contributed by atoms with Gasteiger partial charge in [0.05, 0.1) is 17.6 Å². The molecule has 0 bridgehead atoms. The van der Waals surface area contributed by atoms with E-state index >= 15 is 0 Å². The second-order valence-corrected chi connectivity index (χ2v) is 4.84. The Labute approximate surface area is 113 Å². The largest absolute Gasteiger partial charge is 0.381 e. The van der Waals surface area contributed by atoms with Crippen LogP contribution in [0.25, 0.3) is 11.0 Å². The Hall–Kier alpha value is -1.88. The first-order chi connectivity index (χ1) is 9.16. The molecule has 1 aromatic carbocycles. The summed E-state index contributed by atoms with van der Waals surface area (Å²) in [5, 5.41) is 3.16. The Morgan fingerprint density at radius 2 is 1.89 bits per heavy atom. The highest BCUT2D eigenvalue weighted by atomic mass is 16.5. The zero-order valence-corrected chi connectivity index (χ0v) is 11.4. The van der Waals surface area contributed by atoms with E-state index in [0.717, 1.165) is 17.6 Å². The van der Waals surface area contributed by atoms with Gasteiger partial charge in [0, 0.05) is 13.2 Å². The van der Waals surface area contributed by atoms with Crippen molar-refractivity contribution in [3.8, 4) is 0 Å². The first kappa shape index (κ1) is 13.5. The lowest BCUT2D eigenvalue weighted by atomic mass is 10.2. The van der Waals surface area contributed by atoms with Crippen LogP contribution in [0.15, 0.2) is 24.3 Å². The quantitative estimate of drug-likeness (QED) is 0.780. The van der Waals surface area contributed by atoms with E-state index in [0.29, 0.717) is 30.7 Å². The summed E-state index contributed by atoms with van der Waals surface area (Å²) < 4.78 is 5.49. The Morgan fingerprint density at radius 1 is 1.21 bits per heavy atom. The van der Waals surface area contributed by atoms with Gasteiger partial charge >= 0.3 is 0 Å². The van der Waals surface area contributed by atoms with E-state index in [-0.39, 0.29) is 0 Å². The maximum Gasteiger partial charge on any atom is 0.169 e. The van der Waals surface area contributed by atoms with Crippen LogP contribution in [0.3, 0.4) is 0 Å². The maximum atomic E-state index is 5.87. The number of fused-ring (bicyclic) bond motifs is 1. The molecule has 2 rings (SSSR count). The van der Waals surface area contributed by atoms with Crippen molar-refractivity contribution in [3.05, 3.63) is 24.3 Å². The van der Waals surface area contributed by atoms with Gasteiger partial charge in [0.15, 0.2) is 11.6 Å². The van der Waals surface area contributed by atoms with Crippen LogP contribution >= 0.6 is 0 Å². The molecule has 0 atom stereocenters. The van der Waals surface area contributed by atoms with Crippen molar-refractivity contribution in [1.82, 2.24) is 9.97 Å². The monoisotopic (exact) mass is 260 g/mol. The van der Waals surface area contributed by atoms with Crippen LogP contribution in [-0.2, 0) is 4.74 Å². The molecule has 0 spiro atoms. The molecule has 0 amide bonds. The third kappa shape index (κ3) is 3.79. The molecule has 19 heavy (non-hydrogen) atoms. The summed E-state index contributed by atoms with van der Waals surface area (Å²) in [5.41, 5.74) is 7.52. The summed E-state index contributed by atoms with van der Waals surface area (Å²) in [4.78, 5) is 8.77. The number of benzene rings is 1. The molecule has 1 aromatic heterocycles. The van der Waals surface area contributed by atoms with Gasteiger partial charge in [0.25, 0.3) is 0 Å². The van der Waals surface area contributed by atoms with Crippen LogP contribution in [0.2, 0.25) is 0 Å². The Kier molecular flexibility index (Phi) is 4.52. The Bertz CT molecular complexity index is 542. The minimum absolute atomic E-state index is 0.419. The standard InChI is InChI=1S/C14H20N4O/c1-10(2)9-19-8-7-16-14-13(15)17-11-5-3-4-6-12(11)18-14/h3-6,10H,7-9H2,1-2H3,(H2,15,17)(H,16,18). The van der Waals surface area contributed by atoms with Crippen LogP contribution in [0.4, 0.5) is 11.6 Å². The summed E-state index contributed by atoms with van der Waals surface area (Å²) in [7, 11) is 0. The Balaban J connectivity index is 1.95. The fourth-order valence-corrected chi connectivity index (χ4v) is 1.70. The molecule has 1 heterocycles. The van der Waals surface area contributed by atoms with Crippen molar-refractivity contribution in [2.75, 3.05) is 30.8 Å². The van der Waals surface area contributed by atoms with Crippen LogP contribution in [-0.4, -0.2) is 29.7 Å². The van der Waals surface area contributed by atoms with E-state index in [2.05, 4.69) is 29.1 Å². The molecule has 102 valence electrons. The topological polar surface area (TPSA) is 73.1 Å². The van der Waals surface area contributed by atoms with Crippen LogP contribution in [0.5, 0.6) is 0 Å². The van der Waals surface area contributed by atoms with E-state index in [9.17, 15) is 0 Å². The molecular weight excluding hydrogens is 240 g/mol. The molecule has 0 aliphatic heterocycles. The predicted octanol–water partition coefficient (Wildman–Crippen LogP) is 2.30. The Morgan fingerprint density at radius 3 is 2.58 bits per heavy atom. The van der Waals surface area contributed by atoms with Crippen LogP contribution in [0.1, 0.15) is 13.8 Å². The van der Waals surface area contributed by atoms with Gasteiger partial charge in [-0.1, -0.05) is 26.0 Å². The lowest BCUT2D eigenvalue weighted by Crippen LogP contribution is -2.14. The van der Waals surface area contributed by atoms with Crippen LogP contribution < -0.4 is 11.1 Å². The molecule has 0 radical (unpaired) electrons. The highest BCUT2D eigenvalue weighted by Crippen LogP contribution is 2.17. The van der Waals surface area contributed by atoms with Crippen molar-refractivity contribution in [3.63, 3.8) is 0 Å². The highest BCUT2D eigenvalue weighted by Gasteiger charge is 2.04. The molecular formula is C14H20N4O. The molecule has 5 nitrogen and oxygen atoms in total. The van der Waals surface area contributed by atoms with E-state index in [1.165, 1.54) is 0 Å². The number of ether oxygens (including phenoxy) is 1. The van der Waals surface area contributed by atoms with E-state index in [1.807, 2.05) is 24.3 Å². The van der Waals surface area contributed by atoms with Gasteiger partial charge in [-0.3, -0.25) is 0 Å². The van der Waals surface area contributed by atoms with Gasteiger partial charge in [-0.05, 0) is 18.1 Å².